The molecule has 2 amide bonds. The zero-order valence-corrected chi connectivity index (χ0v) is 9.38. The lowest BCUT2D eigenvalue weighted by molar-refractivity contribution is -0.143. The van der Waals surface area contributed by atoms with Gasteiger partial charge in [-0.1, -0.05) is 0 Å². The number of nitrogens with zero attached hydrogens (tertiary/aromatic N) is 1. The van der Waals surface area contributed by atoms with E-state index in [9.17, 15) is 9.59 Å². The maximum Gasteiger partial charge on any atom is 0.237 e. The number of nitrogens with one attached hydrogen (secondary N) is 1. The van der Waals surface area contributed by atoms with E-state index in [1.165, 1.54) is 4.90 Å². The fraction of sp³-hybridized carbons (Fsp3) is 0.818. The summed E-state index contributed by atoms with van der Waals surface area (Å²) in [7, 11) is 0. The number of carbonyl (C=O) groups excluding carboxylic acids is 2. The highest BCUT2D eigenvalue weighted by Gasteiger charge is 2.52. The maximum atomic E-state index is 12.2. The van der Waals surface area contributed by atoms with Crippen molar-refractivity contribution in [2.75, 3.05) is 13.1 Å². The van der Waals surface area contributed by atoms with Crippen LogP contribution in [0.15, 0.2) is 0 Å². The van der Waals surface area contributed by atoms with Gasteiger partial charge in [0, 0.05) is 19.0 Å². The van der Waals surface area contributed by atoms with Crippen molar-refractivity contribution in [1.29, 1.82) is 0 Å². The van der Waals surface area contributed by atoms with E-state index in [2.05, 4.69) is 5.32 Å². The fourth-order valence-corrected chi connectivity index (χ4v) is 2.64. The molecule has 2 aliphatic rings. The third-order valence-corrected chi connectivity index (χ3v) is 3.42. The maximum absolute atomic E-state index is 12.2. The van der Waals surface area contributed by atoms with Gasteiger partial charge in [-0.2, -0.15) is 0 Å². The number of hydrogen-bond acceptors (Lipinski definition) is 3. The van der Waals surface area contributed by atoms with Gasteiger partial charge in [0.2, 0.25) is 11.8 Å². The number of amides is 2. The molecule has 0 radical (unpaired) electrons. The van der Waals surface area contributed by atoms with E-state index in [1.54, 1.807) is 0 Å². The second kappa shape index (κ2) is 3.59. The van der Waals surface area contributed by atoms with E-state index < -0.39 is 5.41 Å². The van der Waals surface area contributed by atoms with Crippen LogP contribution in [0.2, 0.25) is 0 Å². The fourth-order valence-electron chi connectivity index (χ4n) is 2.64. The Hall–Kier alpha value is -0.900. The Morgan fingerprint density at radius 2 is 2.13 bits per heavy atom. The highest BCUT2D eigenvalue weighted by atomic mass is 16.2. The highest BCUT2D eigenvalue weighted by molar-refractivity contribution is 6.06. The molecular formula is C11H18N2O2. The van der Waals surface area contributed by atoms with Gasteiger partial charge in [-0.3, -0.25) is 14.5 Å². The molecule has 0 aromatic rings. The zero-order chi connectivity index (χ0) is 11.1. The Balaban J connectivity index is 2.23. The first-order chi connectivity index (χ1) is 7.07. The molecule has 1 N–H and O–H groups in total. The summed E-state index contributed by atoms with van der Waals surface area (Å²) in [4.78, 5) is 25.4. The molecule has 2 saturated heterocycles. The molecule has 4 heteroatoms. The molecule has 2 aliphatic heterocycles. The quantitative estimate of drug-likeness (QED) is 0.642. The van der Waals surface area contributed by atoms with Crippen molar-refractivity contribution in [3.05, 3.63) is 0 Å². The van der Waals surface area contributed by atoms with E-state index in [-0.39, 0.29) is 17.9 Å². The van der Waals surface area contributed by atoms with E-state index in [0.29, 0.717) is 13.0 Å². The van der Waals surface area contributed by atoms with Crippen LogP contribution in [0.1, 0.15) is 33.1 Å². The van der Waals surface area contributed by atoms with E-state index in [4.69, 9.17) is 0 Å². The minimum absolute atomic E-state index is 0.00120. The zero-order valence-electron chi connectivity index (χ0n) is 9.38. The topological polar surface area (TPSA) is 49.4 Å². The molecule has 0 saturated carbocycles. The largest absolute Gasteiger partial charge is 0.316 e. The van der Waals surface area contributed by atoms with Crippen molar-refractivity contribution in [2.24, 2.45) is 5.41 Å². The molecule has 1 atom stereocenters. The molecule has 0 aromatic carbocycles. The Labute approximate surface area is 90.0 Å². The molecule has 84 valence electrons. The second-order valence-electron chi connectivity index (χ2n) is 4.90. The van der Waals surface area contributed by atoms with Crippen molar-refractivity contribution in [3.63, 3.8) is 0 Å². The average Bonchev–Trinajstić information content (AvgIpc) is 2.40. The molecule has 0 bridgehead atoms. The lowest BCUT2D eigenvalue weighted by atomic mass is 9.79. The molecule has 2 heterocycles. The summed E-state index contributed by atoms with van der Waals surface area (Å²) >= 11 is 0. The van der Waals surface area contributed by atoms with Crippen molar-refractivity contribution in [3.8, 4) is 0 Å². The molecule has 1 spiro atoms. The minimum Gasteiger partial charge on any atom is -0.316 e. The number of rotatable bonds is 1. The number of hydrogen-bond donors (Lipinski definition) is 1. The van der Waals surface area contributed by atoms with Gasteiger partial charge in [0.05, 0.1) is 5.41 Å². The number of likely N-dealkylation sites (tertiary alicyclic amines) is 1. The summed E-state index contributed by atoms with van der Waals surface area (Å²) in [6.07, 6.45) is 2.25. The van der Waals surface area contributed by atoms with Gasteiger partial charge in [-0.25, -0.2) is 0 Å². The van der Waals surface area contributed by atoms with Gasteiger partial charge in [0.1, 0.15) is 0 Å². The van der Waals surface area contributed by atoms with Crippen LogP contribution in [0.25, 0.3) is 0 Å². The van der Waals surface area contributed by atoms with Crippen molar-refractivity contribution in [1.82, 2.24) is 10.2 Å². The van der Waals surface area contributed by atoms with E-state index in [1.807, 2.05) is 13.8 Å². The molecule has 1 unspecified atom stereocenters. The summed E-state index contributed by atoms with van der Waals surface area (Å²) in [5.41, 5.74) is -0.417. The summed E-state index contributed by atoms with van der Waals surface area (Å²) in [5, 5.41) is 3.23. The molecular weight excluding hydrogens is 192 g/mol. The van der Waals surface area contributed by atoms with Crippen LogP contribution in [0.5, 0.6) is 0 Å². The van der Waals surface area contributed by atoms with Gasteiger partial charge in [0.15, 0.2) is 0 Å². The summed E-state index contributed by atoms with van der Waals surface area (Å²) in [6.45, 7) is 5.42. The Kier molecular flexibility index (Phi) is 2.54. The van der Waals surface area contributed by atoms with Crippen LogP contribution in [0, 0.1) is 5.41 Å². The first-order valence-electron chi connectivity index (χ1n) is 5.64. The number of piperidine rings is 1. The Bertz CT molecular complexity index is 293. The summed E-state index contributed by atoms with van der Waals surface area (Å²) < 4.78 is 0. The monoisotopic (exact) mass is 210 g/mol. The van der Waals surface area contributed by atoms with Crippen LogP contribution >= 0.6 is 0 Å². The Morgan fingerprint density at radius 1 is 1.40 bits per heavy atom. The highest BCUT2D eigenvalue weighted by Crippen LogP contribution is 2.39. The molecule has 15 heavy (non-hydrogen) atoms. The van der Waals surface area contributed by atoms with Gasteiger partial charge in [-0.05, 0) is 33.2 Å². The predicted molar refractivity (Wildman–Crippen MR) is 56.1 cm³/mol. The minimum atomic E-state index is -0.417. The van der Waals surface area contributed by atoms with Crippen molar-refractivity contribution >= 4 is 11.8 Å². The summed E-state index contributed by atoms with van der Waals surface area (Å²) in [5.74, 6) is 0.0356. The Morgan fingerprint density at radius 3 is 2.60 bits per heavy atom. The third-order valence-electron chi connectivity index (χ3n) is 3.42. The lowest BCUT2D eigenvalue weighted by Crippen LogP contribution is -2.47. The standard InChI is InChI=1S/C11H18N2O2/c1-8(2)13-9(14)6-11(10(13)15)4-3-5-12-7-11/h8,12H,3-7H2,1-2H3. The van der Waals surface area contributed by atoms with Crippen LogP contribution in [0.4, 0.5) is 0 Å². The van der Waals surface area contributed by atoms with E-state index in [0.717, 1.165) is 19.4 Å². The van der Waals surface area contributed by atoms with E-state index >= 15 is 0 Å². The third kappa shape index (κ3) is 1.57. The molecule has 4 nitrogen and oxygen atoms in total. The first-order valence-corrected chi connectivity index (χ1v) is 5.64. The van der Waals surface area contributed by atoms with Crippen molar-refractivity contribution < 1.29 is 9.59 Å². The molecule has 2 rings (SSSR count). The van der Waals surface area contributed by atoms with Crippen LogP contribution in [0.3, 0.4) is 0 Å². The average molecular weight is 210 g/mol. The van der Waals surface area contributed by atoms with Crippen LogP contribution < -0.4 is 5.32 Å². The van der Waals surface area contributed by atoms with Gasteiger partial charge < -0.3 is 5.32 Å². The van der Waals surface area contributed by atoms with Crippen molar-refractivity contribution in [2.45, 2.75) is 39.2 Å². The predicted octanol–water partition coefficient (Wildman–Crippen LogP) is 0.523. The lowest BCUT2D eigenvalue weighted by Gasteiger charge is -2.31. The normalized spacial score (nSPS) is 32.1. The smallest absolute Gasteiger partial charge is 0.237 e. The molecule has 0 aliphatic carbocycles. The van der Waals surface area contributed by atoms with Gasteiger partial charge in [-0.15, -0.1) is 0 Å². The number of imide groups is 1. The van der Waals surface area contributed by atoms with Gasteiger partial charge in [0.25, 0.3) is 0 Å². The van der Waals surface area contributed by atoms with Crippen LogP contribution in [-0.4, -0.2) is 35.8 Å². The molecule has 0 aromatic heterocycles. The molecule has 2 fully saturated rings. The second-order valence-corrected chi connectivity index (χ2v) is 4.90. The van der Waals surface area contributed by atoms with Gasteiger partial charge >= 0.3 is 0 Å². The SMILES string of the molecule is CC(C)N1C(=O)CC2(CCCNC2)C1=O. The first kappa shape index (κ1) is 10.6. The number of carbonyl (C=O) groups is 2. The summed E-state index contributed by atoms with van der Waals surface area (Å²) in [6, 6.07) is -0.00805. The van der Waals surface area contributed by atoms with Crippen LogP contribution in [-0.2, 0) is 9.59 Å².